The Bertz CT molecular complexity index is 106. The second-order valence-corrected chi connectivity index (χ2v) is 3.64. The molecule has 0 radical (unpaired) electrons. The lowest BCUT2D eigenvalue weighted by atomic mass is 10.1. The fraction of sp³-hybridized carbons (Fsp3) is 1.00. The maximum atomic E-state index is 9.40. The Labute approximate surface area is 76.6 Å². The van der Waals surface area contributed by atoms with Gasteiger partial charge in [-0.15, -0.1) is 0 Å². The first kappa shape index (κ1) is 11.9. The van der Waals surface area contributed by atoms with Crippen molar-refractivity contribution in [1.29, 1.82) is 0 Å². The van der Waals surface area contributed by atoms with Crippen LogP contribution >= 0.6 is 0 Å². The number of hydrogen-bond acceptors (Lipinski definition) is 2. The second kappa shape index (κ2) is 6.44. The van der Waals surface area contributed by atoms with Crippen LogP contribution in [-0.2, 0) is 0 Å². The topological polar surface area (TPSA) is 23.5 Å². The van der Waals surface area contributed by atoms with E-state index in [2.05, 4.69) is 25.8 Å². The number of rotatable bonds is 6. The molecule has 74 valence electrons. The summed E-state index contributed by atoms with van der Waals surface area (Å²) in [5, 5.41) is 9.40. The van der Waals surface area contributed by atoms with E-state index in [1.54, 1.807) is 0 Å². The van der Waals surface area contributed by atoms with Crippen LogP contribution in [0.25, 0.3) is 0 Å². The molecule has 2 heteroatoms. The highest BCUT2D eigenvalue weighted by Crippen LogP contribution is 2.05. The van der Waals surface area contributed by atoms with Gasteiger partial charge in [-0.25, -0.2) is 0 Å². The van der Waals surface area contributed by atoms with E-state index in [0.717, 1.165) is 13.0 Å². The molecule has 12 heavy (non-hydrogen) atoms. The minimum Gasteiger partial charge on any atom is -0.392 e. The van der Waals surface area contributed by atoms with Crippen LogP contribution in [0.5, 0.6) is 0 Å². The van der Waals surface area contributed by atoms with E-state index in [0.29, 0.717) is 6.04 Å². The Morgan fingerprint density at radius 2 is 1.92 bits per heavy atom. The lowest BCUT2D eigenvalue weighted by Crippen LogP contribution is -2.35. The number of aliphatic hydroxyl groups is 1. The molecule has 0 aromatic heterocycles. The molecule has 0 aromatic rings. The molecule has 0 rings (SSSR count). The molecule has 0 aliphatic rings. The second-order valence-electron chi connectivity index (χ2n) is 3.64. The number of aliphatic hydroxyl groups excluding tert-OH is 1. The molecule has 0 saturated heterocycles. The van der Waals surface area contributed by atoms with Gasteiger partial charge in [0, 0.05) is 12.6 Å². The molecule has 0 heterocycles. The van der Waals surface area contributed by atoms with Crippen LogP contribution in [0, 0.1) is 0 Å². The number of hydrogen-bond donors (Lipinski definition) is 1. The fourth-order valence-corrected chi connectivity index (χ4v) is 1.28. The van der Waals surface area contributed by atoms with E-state index in [-0.39, 0.29) is 6.10 Å². The zero-order valence-electron chi connectivity index (χ0n) is 8.88. The lowest BCUT2D eigenvalue weighted by Gasteiger charge is -2.26. The smallest absolute Gasteiger partial charge is 0.0664 e. The average Bonchev–Trinajstić information content (AvgIpc) is 2.04. The molecule has 2 unspecified atom stereocenters. The summed E-state index contributed by atoms with van der Waals surface area (Å²) in [7, 11) is 2.08. The van der Waals surface area contributed by atoms with Gasteiger partial charge in [-0.3, -0.25) is 0 Å². The molecule has 0 aliphatic carbocycles. The lowest BCUT2D eigenvalue weighted by molar-refractivity contribution is 0.102. The van der Waals surface area contributed by atoms with Crippen LogP contribution in [0.1, 0.15) is 40.0 Å². The zero-order chi connectivity index (χ0) is 9.56. The van der Waals surface area contributed by atoms with Gasteiger partial charge >= 0.3 is 0 Å². The van der Waals surface area contributed by atoms with Crippen LogP contribution in [0.4, 0.5) is 0 Å². The molecule has 2 atom stereocenters. The molecule has 0 amide bonds. The Hall–Kier alpha value is -0.0800. The van der Waals surface area contributed by atoms with Gasteiger partial charge in [0.05, 0.1) is 6.10 Å². The standard InChI is InChI=1S/C10H23NO/c1-5-7-9(3)11(4)8-10(12)6-2/h9-10,12H,5-8H2,1-4H3. The summed E-state index contributed by atoms with van der Waals surface area (Å²) in [5.41, 5.74) is 0. The highest BCUT2D eigenvalue weighted by atomic mass is 16.3. The van der Waals surface area contributed by atoms with Gasteiger partial charge in [0.25, 0.3) is 0 Å². The molecule has 0 spiro atoms. The highest BCUT2D eigenvalue weighted by Gasteiger charge is 2.11. The molecule has 2 nitrogen and oxygen atoms in total. The van der Waals surface area contributed by atoms with Crippen molar-refractivity contribution in [2.24, 2.45) is 0 Å². The van der Waals surface area contributed by atoms with Gasteiger partial charge in [-0.05, 0) is 26.8 Å². The molecule has 0 saturated carbocycles. The Morgan fingerprint density at radius 1 is 1.33 bits per heavy atom. The van der Waals surface area contributed by atoms with Crippen LogP contribution in [0.2, 0.25) is 0 Å². The number of nitrogens with zero attached hydrogens (tertiary/aromatic N) is 1. The summed E-state index contributed by atoms with van der Waals surface area (Å²) in [5.74, 6) is 0. The number of likely N-dealkylation sites (N-methyl/N-ethyl adjacent to an activating group) is 1. The van der Waals surface area contributed by atoms with Gasteiger partial charge in [-0.2, -0.15) is 0 Å². The van der Waals surface area contributed by atoms with Crippen LogP contribution in [0.15, 0.2) is 0 Å². The van der Waals surface area contributed by atoms with Crippen molar-refractivity contribution in [3.63, 3.8) is 0 Å². The Kier molecular flexibility index (Phi) is 6.39. The highest BCUT2D eigenvalue weighted by molar-refractivity contribution is 4.66. The van der Waals surface area contributed by atoms with Gasteiger partial charge in [0.15, 0.2) is 0 Å². The van der Waals surface area contributed by atoms with Crippen LogP contribution < -0.4 is 0 Å². The van der Waals surface area contributed by atoms with Gasteiger partial charge < -0.3 is 10.0 Å². The molecule has 0 fully saturated rings. The quantitative estimate of drug-likeness (QED) is 0.663. The van der Waals surface area contributed by atoms with Gasteiger partial charge in [0.1, 0.15) is 0 Å². The van der Waals surface area contributed by atoms with E-state index < -0.39 is 0 Å². The molecule has 0 aromatic carbocycles. The van der Waals surface area contributed by atoms with Crippen molar-refractivity contribution in [3.05, 3.63) is 0 Å². The minimum absolute atomic E-state index is 0.158. The van der Waals surface area contributed by atoms with Crippen LogP contribution in [-0.4, -0.2) is 35.7 Å². The van der Waals surface area contributed by atoms with Crippen molar-refractivity contribution in [2.45, 2.75) is 52.2 Å². The van der Waals surface area contributed by atoms with Gasteiger partial charge in [0.2, 0.25) is 0 Å². The predicted molar refractivity (Wildman–Crippen MR) is 53.3 cm³/mol. The first-order chi connectivity index (χ1) is 5.61. The van der Waals surface area contributed by atoms with E-state index >= 15 is 0 Å². The van der Waals surface area contributed by atoms with Crippen molar-refractivity contribution in [3.8, 4) is 0 Å². The fourth-order valence-electron chi connectivity index (χ4n) is 1.28. The summed E-state index contributed by atoms with van der Waals surface area (Å²) < 4.78 is 0. The summed E-state index contributed by atoms with van der Waals surface area (Å²) in [4.78, 5) is 2.23. The van der Waals surface area contributed by atoms with E-state index in [9.17, 15) is 5.11 Å². The summed E-state index contributed by atoms with van der Waals surface area (Å²) >= 11 is 0. The first-order valence-electron chi connectivity index (χ1n) is 5.00. The third-order valence-electron chi connectivity index (χ3n) is 2.43. The summed E-state index contributed by atoms with van der Waals surface area (Å²) in [6, 6.07) is 0.594. The summed E-state index contributed by atoms with van der Waals surface area (Å²) in [6.07, 6.45) is 3.12. The monoisotopic (exact) mass is 173 g/mol. The van der Waals surface area contributed by atoms with Crippen molar-refractivity contribution < 1.29 is 5.11 Å². The normalized spacial score (nSPS) is 16.5. The Balaban J connectivity index is 3.62. The van der Waals surface area contributed by atoms with Crippen molar-refractivity contribution in [1.82, 2.24) is 4.90 Å². The van der Waals surface area contributed by atoms with E-state index in [1.807, 2.05) is 6.92 Å². The first-order valence-corrected chi connectivity index (χ1v) is 5.00. The third-order valence-corrected chi connectivity index (χ3v) is 2.43. The van der Waals surface area contributed by atoms with E-state index in [1.165, 1.54) is 12.8 Å². The van der Waals surface area contributed by atoms with Gasteiger partial charge in [-0.1, -0.05) is 20.3 Å². The minimum atomic E-state index is -0.158. The predicted octanol–water partition coefficient (Wildman–Crippen LogP) is 1.88. The van der Waals surface area contributed by atoms with Crippen molar-refractivity contribution in [2.75, 3.05) is 13.6 Å². The maximum absolute atomic E-state index is 9.40. The largest absolute Gasteiger partial charge is 0.392 e. The van der Waals surface area contributed by atoms with E-state index in [4.69, 9.17) is 0 Å². The van der Waals surface area contributed by atoms with Crippen LogP contribution in [0.3, 0.4) is 0 Å². The maximum Gasteiger partial charge on any atom is 0.0664 e. The molecular formula is C10H23NO. The average molecular weight is 173 g/mol. The molecule has 1 N–H and O–H groups in total. The molecular weight excluding hydrogens is 150 g/mol. The summed E-state index contributed by atoms with van der Waals surface area (Å²) in [6.45, 7) is 7.23. The van der Waals surface area contributed by atoms with Crippen molar-refractivity contribution >= 4 is 0 Å². The molecule has 0 aliphatic heterocycles. The Morgan fingerprint density at radius 3 is 2.33 bits per heavy atom. The zero-order valence-corrected chi connectivity index (χ0v) is 8.88. The molecule has 0 bridgehead atoms. The SMILES string of the molecule is CCCC(C)N(C)CC(O)CC. The third kappa shape index (κ3) is 4.73.